The molecule has 0 unspecified atom stereocenters. The third-order valence-corrected chi connectivity index (χ3v) is 4.52. The molecule has 2 rings (SSSR count). The highest BCUT2D eigenvalue weighted by Gasteiger charge is 2.27. The van der Waals surface area contributed by atoms with Crippen LogP contribution in [0, 0.1) is 13.8 Å². The number of nitrogens with zero attached hydrogens (tertiary/aromatic N) is 3. The molecule has 0 spiro atoms. The van der Waals surface area contributed by atoms with Crippen molar-refractivity contribution in [2.24, 2.45) is 0 Å². The van der Waals surface area contributed by atoms with Gasteiger partial charge in [-0.15, -0.1) is 0 Å². The number of Topliss-reactive ketones (excluding diaryl/α,β-unsaturated/α-hetero) is 1. The van der Waals surface area contributed by atoms with E-state index in [4.69, 9.17) is 0 Å². The number of likely N-dealkylation sites (N-methyl/N-ethyl adjacent to an activating group) is 1. The number of ketones is 1. The van der Waals surface area contributed by atoms with Crippen LogP contribution >= 0.6 is 0 Å². The molecular weight excluding hydrogens is 308 g/mol. The van der Waals surface area contributed by atoms with Gasteiger partial charge in [0, 0.05) is 51.5 Å². The lowest BCUT2D eigenvalue weighted by Crippen LogP contribution is -2.51. The first kappa shape index (κ1) is 18.2. The molecule has 0 saturated carbocycles. The highest BCUT2D eigenvalue weighted by atomic mass is 16.2. The third kappa shape index (κ3) is 3.67. The predicted molar refractivity (Wildman–Crippen MR) is 91.3 cm³/mol. The van der Waals surface area contributed by atoms with E-state index in [1.807, 2.05) is 6.92 Å². The highest BCUT2D eigenvalue weighted by molar-refractivity contribution is 6.02. The van der Waals surface area contributed by atoms with E-state index in [9.17, 15) is 14.4 Å². The summed E-state index contributed by atoms with van der Waals surface area (Å²) >= 11 is 0. The summed E-state index contributed by atoms with van der Waals surface area (Å²) in [5, 5.41) is 0. The van der Waals surface area contributed by atoms with Crippen LogP contribution in [0.4, 0.5) is 0 Å². The van der Waals surface area contributed by atoms with E-state index in [0.29, 0.717) is 44.0 Å². The summed E-state index contributed by atoms with van der Waals surface area (Å²) in [5.74, 6) is -0.0503. The number of aromatic nitrogens is 1. The summed E-state index contributed by atoms with van der Waals surface area (Å²) < 4.78 is 0. The number of aromatic amines is 1. The summed E-state index contributed by atoms with van der Waals surface area (Å²) in [4.78, 5) is 44.7. The molecule has 132 valence electrons. The minimum absolute atomic E-state index is 0.0349. The average molecular weight is 334 g/mol. The minimum Gasteiger partial charge on any atom is -0.354 e. The van der Waals surface area contributed by atoms with Crippen LogP contribution in [0.3, 0.4) is 0 Å². The Hall–Kier alpha value is -2.15. The smallest absolute Gasteiger partial charge is 0.270 e. The van der Waals surface area contributed by atoms with Gasteiger partial charge in [0.2, 0.25) is 5.91 Å². The zero-order valence-electron chi connectivity index (χ0n) is 15.1. The van der Waals surface area contributed by atoms with Crippen molar-refractivity contribution < 1.29 is 14.4 Å². The van der Waals surface area contributed by atoms with Crippen molar-refractivity contribution in [1.29, 1.82) is 0 Å². The van der Waals surface area contributed by atoms with Crippen LogP contribution in [0.15, 0.2) is 0 Å². The Kier molecular flexibility index (Phi) is 5.43. The topological polar surface area (TPSA) is 76.7 Å². The lowest BCUT2D eigenvalue weighted by Gasteiger charge is -2.34. The van der Waals surface area contributed by atoms with Crippen molar-refractivity contribution in [1.82, 2.24) is 19.7 Å². The van der Waals surface area contributed by atoms with Gasteiger partial charge in [0.1, 0.15) is 5.69 Å². The highest BCUT2D eigenvalue weighted by Crippen LogP contribution is 2.20. The van der Waals surface area contributed by atoms with Gasteiger partial charge >= 0.3 is 0 Å². The molecule has 0 radical (unpaired) electrons. The monoisotopic (exact) mass is 334 g/mol. The zero-order valence-corrected chi connectivity index (χ0v) is 15.1. The molecule has 1 saturated heterocycles. The van der Waals surface area contributed by atoms with E-state index in [1.54, 1.807) is 30.8 Å². The molecular formula is C17H26N4O3. The first-order valence-electron chi connectivity index (χ1n) is 8.14. The van der Waals surface area contributed by atoms with Crippen LogP contribution < -0.4 is 0 Å². The molecule has 0 bridgehead atoms. The van der Waals surface area contributed by atoms with Gasteiger partial charge < -0.3 is 14.8 Å². The number of hydrogen-bond donors (Lipinski definition) is 1. The molecule has 1 aromatic heterocycles. The number of amides is 2. The summed E-state index contributed by atoms with van der Waals surface area (Å²) in [7, 11) is 3.48. The van der Waals surface area contributed by atoms with Crippen molar-refractivity contribution >= 4 is 17.6 Å². The molecule has 2 heterocycles. The molecule has 7 nitrogen and oxygen atoms in total. The third-order valence-electron chi connectivity index (χ3n) is 4.52. The standard InChI is InChI=1S/C17H26N4O3/c1-11-15(13(3)22)12(2)18-16(11)17(24)21-8-6-20(7-9-21)10-14(23)19(4)5/h18H,6-10H2,1-5H3. The van der Waals surface area contributed by atoms with Crippen LogP contribution in [0.1, 0.15) is 39.0 Å². The Morgan fingerprint density at radius 1 is 1.08 bits per heavy atom. The number of piperazine rings is 1. The largest absolute Gasteiger partial charge is 0.354 e. The Balaban J connectivity index is 2.02. The van der Waals surface area contributed by atoms with Crippen LogP contribution in [0.5, 0.6) is 0 Å². The molecule has 1 aliphatic rings. The van der Waals surface area contributed by atoms with E-state index in [1.165, 1.54) is 6.92 Å². The molecule has 1 aromatic rings. The maximum absolute atomic E-state index is 12.7. The van der Waals surface area contributed by atoms with E-state index in [-0.39, 0.29) is 17.6 Å². The second-order valence-electron chi connectivity index (χ2n) is 6.54. The number of carbonyl (C=O) groups is 3. The van der Waals surface area contributed by atoms with Crippen molar-refractivity contribution in [3.63, 3.8) is 0 Å². The number of rotatable bonds is 4. The zero-order chi connectivity index (χ0) is 18.0. The summed E-state index contributed by atoms with van der Waals surface area (Å²) in [5.41, 5.74) is 2.55. The van der Waals surface area contributed by atoms with Crippen LogP contribution in [0.25, 0.3) is 0 Å². The molecule has 0 aliphatic carbocycles. The summed E-state index contributed by atoms with van der Waals surface area (Å²) in [6.07, 6.45) is 0. The van der Waals surface area contributed by atoms with Gasteiger partial charge in [-0.2, -0.15) is 0 Å². The Labute approximate surface area is 142 Å². The molecule has 1 N–H and O–H groups in total. The lowest BCUT2D eigenvalue weighted by atomic mass is 10.1. The maximum atomic E-state index is 12.7. The fourth-order valence-electron chi connectivity index (χ4n) is 3.09. The van der Waals surface area contributed by atoms with Crippen molar-refractivity contribution in [3.05, 3.63) is 22.5 Å². The van der Waals surface area contributed by atoms with Crippen LogP contribution in [-0.4, -0.2) is 84.1 Å². The van der Waals surface area contributed by atoms with Gasteiger partial charge in [-0.3, -0.25) is 19.3 Å². The molecule has 0 atom stereocenters. The van der Waals surface area contributed by atoms with Gasteiger partial charge in [-0.1, -0.05) is 0 Å². The number of hydrogen-bond acceptors (Lipinski definition) is 4. The van der Waals surface area contributed by atoms with Crippen molar-refractivity contribution in [3.8, 4) is 0 Å². The molecule has 7 heteroatoms. The van der Waals surface area contributed by atoms with E-state index < -0.39 is 0 Å². The van der Waals surface area contributed by atoms with E-state index in [2.05, 4.69) is 9.88 Å². The normalized spacial score (nSPS) is 15.5. The second-order valence-corrected chi connectivity index (χ2v) is 6.54. The van der Waals surface area contributed by atoms with Gasteiger partial charge in [0.25, 0.3) is 5.91 Å². The quantitative estimate of drug-likeness (QED) is 0.822. The Bertz CT molecular complexity index is 655. The van der Waals surface area contributed by atoms with Crippen molar-refractivity contribution in [2.45, 2.75) is 20.8 Å². The van der Waals surface area contributed by atoms with Gasteiger partial charge in [0.15, 0.2) is 5.78 Å². The molecule has 0 aromatic carbocycles. The van der Waals surface area contributed by atoms with Crippen LogP contribution in [0.2, 0.25) is 0 Å². The Morgan fingerprint density at radius 2 is 1.67 bits per heavy atom. The first-order valence-corrected chi connectivity index (χ1v) is 8.14. The van der Waals surface area contributed by atoms with Gasteiger partial charge in [-0.25, -0.2) is 0 Å². The number of H-pyrrole nitrogens is 1. The fourth-order valence-corrected chi connectivity index (χ4v) is 3.09. The number of carbonyl (C=O) groups excluding carboxylic acids is 3. The second kappa shape index (κ2) is 7.17. The lowest BCUT2D eigenvalue weighted by molar-refractivity contribution is -0.130. The van der Waals surface area contributed by atoms with Crippen molar-refractivity contribution in [2.75, 3.05) is 46.8 Å². The molecule has 2 amide bonds. The van der Waals surface area contributed by atoms with Gasteiger partial charge in [0.05, 0.1) is 6.54 Å². The summed E-state index contributed by atoms with van der Waals surface area (Å²) in [6, 6.07) is 0. The first-order chi connectivity index (χ1) is 11.2. The van der Waals surface area contributed by atoms with Crippen LogP contribution in [-0.2, 0) is 4.79 Å². The SMILES string of the molecule is CC(=O)c1c(C)[nH]c(C(=O)N2CCN(CC(=O)N(C)C)CC2)c1C. The summed E-state index contributed by atoms with van der Waals surface area (Å²) in [6.45, 7) is 8.00. The molecule has 24 heavy (non-hydrogen) atoms. The molecule has 1 fully saturated rings. The molecule has 1 aliphatic heterocycles. The fraction of sp³-hybridized carbons (Fsp3) is 0.588. The Morgan fingerprint density at radius 3 is 2.12 bits per heavy atom. The predicted octanol–water partition coefficient (Wildman–Crippen LogP) is 0.680. The number of nitrogens with one attached hydrogen (secondary N) is 1. The number of aryl methyl sites for hydroxylation is 1. The minimum atomic E-state index is -0.0818. The van der Waals surface area contributed by atoms with E-state index in [0.717, 1.165) is 11.3 Å². The van der Waals surface area contributed by atoms with E-state index >= 15 is 0 Å². The van der Waals surface area contributed by atoms with Gasteiger partial charge in [-0.05, 0) is 26.3 Å². The average Bonchev–Trinajstić information content (AvgIpc) is 2.82. The maximum Gasteiger partial charge on any atom is 0.270 e.